The zero-order chi connectivity index (χ0) is 21.1. The minimum atomic E-state index is -3.63. The van der Waals surface area contributed by atoms with Crippen molar-refractivity contribution in [3.8, 4) is 0 Å². The van der Waals surface area contributed by atoms with Crippen LogP contribution in [0.25, 0.3) is 0 Å². The summed E-state index contributed by atoms with van der Waals surface area (Å²) in [5.74, 6) is -0.141. The van der Waals surface area contributed by atoms with Crippen molar-refractivity contribution in [1.29, 1.82) is 0 Å². The molecule has 0 radical (unpaired) electrons. The Morgan fingerprint density at radius 3 is 2.45 bits per heavy atom. The van der Waals surface area contributed by atoms with E-state index >= 15 is 0 Å². The van der Waals surface area contributed by atoms with Gasteiger partial charge in [0.1, 0.15) is 0 Å². The molecule has 29 heavy (non-hydrogen) atoms. The van der Waals surface area contributed by atoms with Crippen molar-refractivity contribution in [3.05, 3.63) is 65.2 Å². The standard InChI is InChI=1S/C23H30N2O3S/c1-23(2,3)18-11-13-19(14-12-18)29(27,28)24-16-15-22(26)25-21-10-6-8-17-7-4-5-9-20(17)21/h4-5,7,9,11-14,21,24H,6,8,10,15-16H2,1-3H3,(H,25,26). The van der Waals surface area contributed by atoms with E-state index in [0.29, 0.717) is 0 Å². The van der Waals surface area contributed by atoms with Crippen molar-refractivity contribution in [3.63, 3.8) is 0 Å². The van der Waals surface area contributed by atoms with Gasteiger partial charge in [-0.25, -0.2) is 13.1 Å². The molecular weight excluding hydrogens is 384 g/mol. The maximum Gasteiger partial charge on any atom is 0.240 e. The average molecular weight is 415 g/mol. The van der Waals surface area contributed by atoms with Gasteiger partial charge in [-0.05, 0) is 53.5 Å². The summed E-state index contributed by atoms with van der Waals surface area (Å²) >= 11 is 0. The Morgan fingerprint density at radius 2 is 1.76 bits per heavy atom. The fourth-order valence-electron chi connectivity index (χ4n) is 3.69. The van der Waals surface area contributed by atoms with Gasteiger partial charge in [0.05, 0.1) is 10.9 Å². The maximum absolute atomic E-state index is 12.5. The highest BCUT2D eigenvalue weighted by Crippen LogP contribution is 2.29. The van der Waals surface area contributed by atoms with Gasteiger partial charge in [0.25, 0.3) is 0 Å². The van der Waals surface area contributed by atoms with Crippen LogP contribution in [-0.2, 0) is 26.7 Å². The fourth-order valence-corrected chi connectivity index (χ4v) is 4.72. The number of carbonyl (C=O) groups is 1. The molecule has 0 spiro atoms. The van der Waals surface area contributed by atoms with E-state index in [1.807, 2.05) is 24.3 Å². The number of rotatable bonds is 6. The van der Waals surface area contributed by atoms with Crippen LogP contribution < -0.4 is 10.0 Å². The van der Waals surface area contributed by atoms with Crippen LogP contribution in [0.2, 0.25) is 0 Å². The largest absolute Gasteiger partial charge is 0.349 e. The number of sulfonamides is 1. The SMILES string of the molecule is CC(C)(C)c1ccc(S(=O)(=O)NCCC(=O)NC2CCCc3ccccc32)cc1. The zero-order valence-corrected chi connectivity index (χ0v) is 18.2. The second kappa shape index (κ2) is 8.67. The third-order valence-electron chi connectivity index (χ3n) is 5.38. The Kier molecular flexibility index (Phi) is 6.44. The number of nitrogens with one attached hydrogen (secondary N) is 2. The minimum absolute atomic E-state index is 0.00833. The molecule has 0 aliphatic heterocycles. The lowest BCUT2D eigenvalue weighted by atomic mass is 9.87. The molecule has 0 fully saturated rings. The molecule has 156 valence electrons. The first-order valence-corrected chi connectivity index (χ1v) is 11.6. The van der Waals surface area contributed by atoms with E-state index in [0.717, 1.165) is 24.8 Å². The molecule has 1 amide bonds. The molecule has 0 aromatic heterocycles. The van der Waals surface area contributed by atoms with E-state index in [2.05, 4.69) is 42.9 Å². The van der Waals surface area contributed by atoms with E-state index < -0.39 is 10.0 Å². The number of carbonyl (C=O) groups excluding carboxylic acids is 1. The Labute approximate surface area is 174 Å². The number of hydrogen-bond donors (Lipinski definition) is 2. The summed E-state index contributed by atoms with van der Waals surface area (Å²) in [7, 11) is -3.63. The molecule has 0 saturated heterocycles. The number of hydrogen-bond acceptors (Lipinski definition) is 3. The van der Waals surface area contributed by atoms with Crippen LogP contribution in [0.5, 0.6) is 0 Å². The second-order valence-electron chi connectivity index (χ2n) is 8.63. The summed E-state index contributed by atoms with van der Waals surface area (Å²) in [4.78, 5) is 12.6. The molecule has 2 aromatic rings. The van der Waals surface area contributed by atoms with Gasteiger partial charge in [0, 0.05) is 13.0 Å². The van der Waals surface area contributed by atoms with Gasteiger partial charge in [-0.2, -0.15) is 0 Å². The molecule has 1 aliphatic carbocycles. The first-order valence-electron chi connectivity index (χ1n) is 10.1. The highest BCUT2D eigenvalue weighted by molar-refractivity contribution is 7.89. The van der Waals surface area contributed by atoms with Crippen LogP contribution in [0, 0.1) is 0 Å². The topological polar surface area (TPSA) is 75.3 Å². The summed E-state index contributed by atoms with van der Waals surface area (Å²) in [6.07, 6.45) is 3.10. The molecule has 0 bridgehead atoms. The van der Waals surface area contributed by atoms with E-state index in [9.17, 15) is 13.2 Å². The number of aryl methyl sites for hydroxylation is 1. The zero-order valence-electron chi connectivity index (χ0n) is 17.4. The Balaban J connectivity index is 1.53. The molecule has 3 rings (SSSR count). The lowest BCUT2D eigenvalue weighted by Crippen LogP contribution is -2.34. The third kappa shape index (κ3) is 5.46. The van der Waals surface area contributed by atoms with Crippen molar-refractivity contribution >= 4 is 15.9 Å². The highest BCUT2D eigenvalue weighted by atomic mass is 32.2. The van der Waals surface area contributed by atoms with Gasteiger partial charge < -0.3 is 5.32 Å². The van der Waals surface area contributed by atoms with Gasteiger partial charge in [0.2, 0.25) is 15.9 Å². The molecular formula is C23H30N2O3S. The van der Waals surface area contributed by atoms with Crippen LogP contribution in [-0.4, -0.2) is 20.9 Å². The van der Waals surface area contributed by atoms with Crippen LogP contribution in [0.4, 0.5) is 0 Å². The number of amides is 1. The van der Waals surface area contributed by atoms with E-state index in [4.69, 9.17) is 0 Å². The first kappa shape index (κ1) is 21.5. The normalized spacial score (nSPS) is 16.9. The van der Waals surface area contributed by atoms with Gasteiger partial charge in [-0.1, -0.05) is 57.2 Å². The summed E-state index contributed by atoms with van der Waals surface area (Å²) in [5.41, 5.74) is 3.49. The quantitative estimate of drug-likeness (QED) is 0.754. The van der Waals surface area contributed by atoms with Gasteiger partial charge >= 0.3 is 0 Å². The monoisotopic (exact) mass is 414 g/mol. The summed E-state index contributed by atoms with van der Waals surface area (Å²) in [6.45, 7) is 6.32. The average Bonchev–Trinajstić information content (AvgIpc) is 2.67. The molecule has 1 atom stereocenters. The summed E-state index contributed by atoms with van der Waals surface area (Å²) in [6, 6.07) is 15.1. The van der Waals surface area contributed by atoms with E-state index in [-0.39, 0.29) is 35.2 Å². The number of fused-ring (bicyclic) bond motifs is 1. The van der Waals surface area contributed by atoms with Crippen molar-refractivity contribution in [2.24, 2.45) is 0 Å². The lowest BCUT2D eigenvalue weighted by molar-refractivity contribution is -0.121. The molecule has 6 heteroatoms. The second-order valence-corrected chi connectivity index (χ2v) is 10.4. The summed E-state index contributed by atoms with van der Waals surface area (Å²) in [5, 5.41) is 3.05. The van der Waals surface area contributed by atoms with Crippen molar-refractivity contribution < 1.29 is 13.2 Å². The van der Waals surface area contributed by atoms with E-state index in [1.54, 1.807) is 12.1 Å². The molecule has 5 nitrogen and oxygen atoms in total. The van der Waals surface area contributed by atoms with Crippen molar-refractivity contribution in [2.75, 3.05) is 6.54 Å². The molecule has 1 unspecified atom stereocenters. The van der Waals surface area contributed by atoms with Crippen LogP contribution >= 0.6 is 0 Å². The minimum Gasteiger partial charge on any atom is -0.349 e. The molecule has 2 N–H and O–H groups in total. The lowest BCUT2D eigenvalue weighted by Gasteiger charge is -2.26. The van der Waals surface area contributed by atoms with E-state index in [1.165, 1.54) is 11.1 Å². The third-order valence-corrected chi connectivity index (χ3v) is 6.86. The summed E-state index contributed by atoms with van der Waals surface area (Å²) < 4.78 is 27.5. The Hall–Kier alpha value is -2.18. The van der Waals surface area contributed by atoms with Gasteiger partial charge in [-0.3, -0.25) is 4.79 Å². The number of benzene rings is 2. The van der Waals surface area contributed by atoms with Gasteiger partial charge in [0.15, 0.2) is 0 Å². The Morgan fingerprint density at radius 1 is 1.07 bits per heavy atom. The molecule has 2 aromatic carbocycles. The maximum atomic E-state index is 12.5. The predicted molar refractivity (Wildman–Crippen MR) is 115 cm³/mol. The van der Waals surface area contributed by atoms with Crippen LogP contribution in [0.3, 0.4) is 0 Å². The van der Waals surface area contributed by atoms with Crippen molar-refractivity contribution in [2.45, 2.75) is 62.8 Å². The van der Waals surface area contributed by atoms with Gasteiger partial charge in [-0.15, -0.1) is 0 Å². The first-order chi connectivity index (χ1) is 13.7. The van der Waals surface area contributed by atoms with Crippen LogP contribution in [0.15, 0.2) is 53.4 Å². The van der Waals surface area contributed by atoms with Crippen molar-refractivity contribution in [1.82, 2.24) is 10.0 Å². The highest BCUT2D eigenvalue weighted by Gasteiger charge is 2.22. The Bertz CT molecular complexity index is 960. The smallest absolute Gasteiger partial charge is 0.240 e. The molecule has 0 heterocycles. The van der Waals surface area contributed by atoms with Crippen LogP contribution in [0.1, 0.15) is 62.8 Å². The fraction of sp³-hybridized carbons (Fsp3) is 0.435. The molecule has 0 saturated carbocycles. The molecule has 1 aliphatic rings. The predicted octanol–water partition coefficient (Wildman–Crippen LogP) is 3.85.